The summed E-state index contributed by atoms with van der Waals surface area (Å²) in [6, 6.07) is 5.05. The summed E-state index contributed by atoms with van der Waals surface area (Å²) in [5.41, 5.74) is 6.48. The number of para-hydroxylation sites is 1. The Morgan fingerprint density at radius 2 is 2.14 bits per heavy atom. The predicted molar refractivity (Wildman–Crippen MR) is 54.3 cm³/mol. The molecule has 74 valence electrons. The molecule has 2 N–H and O–H groups in total. The number of nitrogen functional groups attached to an aromatic ring is 1. The molecule has 5 nitrogen and oxygen atoms in total. The molecule has 2 rings (SSSR count). The maximum Gasteiger partial charge on any atom is 0.315 e. The van der Waals surface area contributed by atoms with Crippen LogP contribution >= 0.6 is 0 Å². The maximum absolute atomic E-state index is 10.8. The molecule has 0 saturated carbocycles. The molecule has 1 aromatic carbocycles. The smallest absolute Gasteiger partial charge is 0.315 e. The average Bonchev–Trinajstić information content (AvgIpc) is 1.99. The summed E-state index contributed by atoms with van der Waals surface area (Å²) in [6.45, 7) is 1.76. The summed E-state index contributed by atoms with van der Waals surface area (Å²) >= 11 is 0. The molecule has 0 aromatic heterocycles. The largest absolute Gasteiger partial charge is 0.393 e. The van der Waals surface area contributed by atoms with Gasteiger partial charge in [-0.05, 0) is 18.6 Å². The molecule has 1 fully saturated rings. The number of anilines is 2. The first-order chi connectivity index (χ1) is 6.70. The quantitative estimate of drug-likeness (QED) is 0.437. The van der Waals surface area contributed by atoms with E-state index >= 15 is 0 Å². The Kier molecular flexibility index (Phi) is 1.99. The van der Waals surface area contributed by atoms with Crippen LogP contribution in [0, 0.1) is 10.1 Å². The monoisotopic (exact) mass is 193 g/mol. The number of nitro benzene ring substituents is 1. The second-order valence-corrected chi connectivity index (χ2v) is 3.31. The average molecular weight is 193 g/mol. The van der Waals surface area contributed by atoms with Crippen LogP contribution in [-0.2, 0) is 0 Å². The van der Waals surface area contributed by atoms with Gasteiger partial charge in [0.25, 0.3) is 0 Å². The number of benzene rings is 1. The molecular formula is C9H11N3O2. The van der Waals surface area contributed by atoms with Gasteiger partial charge in [0, 0.05) is 13.1 Å². The van der Waals surface area contributed by atoms with Crippen LogP contribution in [-0.4, -0.2) is 18.0 Å². The third-order valence-electron chi connectivity index (χ3n) is 2.43. The Hall–Kier alpha value is -1.78. The number of rotatable bonds is 2. The highest BCUT2D eigenvalue weighted by atomic mass is 16.6. The molecule has 1 heterocycles. The molecule has 1 saturated heterocycles. The van der Waals surface area contributed by atoms with Crippen LogP contribution in [0.3, 0.4) is 0 Å². The predicted octanol–water partition coefficient (Wildman–Crippen LogP) is 1.39. The first kappa shape index (κ1) is 8.80. The van der Waals surface area contributed by atoms with Gasteiger partial charge in [0.05, 0.1) is 4.92 Å². The van der Waals surface area contributed by atoms with Crippen LogP contribution < -0.4 is 10.6 Å². The third-order valence-corrected chi connectivity index (χ3v) is 2.43. The van der Waals surface area contributed by atoms with Crippen LogP contribution in [0.5, 0.6) is 0 Å². The Bertz CT molecular complexity index is 374. The first-order valence-electron chi connectivity index (χ1n) is 4.48. The topological polar surface area (TPSA) is 72.4 Å². The van der Waals surface area contributed by atoms with Crippen molar-refractivity contribution in [1.82, 2.24) is 0 Å². The highest BCUT2D eigenvalue weighted by molar-refractivity contribution is 5.75. The lowest BCUT2D eigenvalue weighted by atomic mass is 10.1. The van der Waals surface area contributed by atoms with Gasteiger partial charge in [-0.3, -0.25) is 10.1 Å². The zero-order chi connectivity index (χ0) is 10.1. The molecule has 5 heteroatoms. The van der Waals surface area contributed by atoms with Gasteiger partial charge >= 0.3 is 5.69 Å². The van der Waals surface area contributed by atoms with Crippen LogP contribution in [0.2, 0.25) is 0 Å². The van der Waals surface area contributed by atoms with Crippen molar-refractivity contribution in [2.24, 2.45) is 0 Å². The summed E-state index contributed by atoms with van der Waals surface area (Å²) in [5, 5.41) is 10.8. The minimum atomic E-state index is -0.414. The van der Waals surface area contributed by atoms with Crippen LogP contribution in [0.1, 0.15) is 6.42 Å². The van der Waals surface area contributed by atoms with Gasteiger partial charge < -0.3 is 10.6 Å². The SMILES string of the molecule is Nc1cccc(N2CCC2)c1[N+](=O)[O-]. The third kappa shape index (κ3) is 1.26. The van der Waals surface area contributed by atoms with Crippen molar-refractivity contribution < 1.29 is 4.92 Å². The maximum atomic E-state index is 10.8. The molecule has 0 radical (unpaired) electrons. The molecule has 0 bridgehead atoms. The van der Waals surface area contributed by atoms with Gasteiger partial charge in [0.1, 0.15) is 11.4 Å². The lowest BCUT2D eigenvalue weighted by Crippen LogP contribution is -2.37. The van der Waals surface area contributed by atoms with Crippen molar-refractivity contribution >= 4 is 17.1 Å². The van der Waals surface area contributed by atoms with E-state index in [4.69, 9.17) is 5.73 Å². The van der Waals surface area contributed by atoms with E-state index in [1.807, 2.05) is 4.90 Å². The van der Waals surface area contributed by atoms with E-state index in [1.54, 1.807) is 18.2 Å². The molecule has 0 atom stereocenters. The molecule has 14 heavy (non-hydrogen) atoms. The van der Waals surface area contributed by atoms with Crippen molar-refractivity contribution in [3.05, 3.63) is 28.3 Å². The molecular weight excluding hydrogens is 182 g/mol. The molecule has 1 aromatic rings. The normalized spacial score (nSPS) is 15.0. The Labute approximate surface area is 81.3 Å². The van der Waals surface area contributed by atoms with Crippen molar-refractivity contribution in [2.75, 3.05) is 23.7 Å². The number of hydrogen-bond acceptors (Lipinski definition) is 4. The van der Waals surface area contributed by atoms with Gasteiger partial charge in [0.15, 0.2) is 0 Å². The Morgan fingerprint density at radius 1 is 1.43 bits per heavy atom. The Balaban J connectivity index is 2.46. The van der Waals surface area contributed by atoms with Crippen molar-refractivity contribution in [1.29, 1.82) is 0 Å². The second-order valence-electron chi connectivity index (χ2n) is 3.31. The van der Waals surface area contributed by atoms with Crippen molar-refractivity contribution in [3.63, 3.8) is 0 Å². The fraction of sp³-hybridized carbons (Fsp3) is 0.333. The highest BCUT2D eigenvalue weighted by Crippen LogP contribution is 2.35. The number of nitrogens with two attached hydrogens (primary N) is 1. The van der Waals surface area contributed by atoms with E-state index in [2.05, 4.69) is 0 Å². The molecule has 1 aliphatic rings. The first-order valence-corrected chi connectivity index (χ1v) is 4.48. The van der Waals surface area contributed by atoms with Crippen molar-refractivity contribution in [2.45, 2.75) is 6.42 Å². The van der Waals surface area contributed by atoms with E-state index in [0.29, 0.717) is 5.69 Å². The summed E-state index contributed by atoms with van der Waals surface area (Å²) in [7, 11) is 0. The number of nitrogens with zero attached hydrogens (tertiary/aromatic N) is 2. The van der Waals surface area contributed by atoms with Crippen molar-refractivity contribution in [3.8, 4) is 0 Å². The molecule has 0 unspecified atom stereocenters. The van der Waals surface area contributed by atoms with Gasteiger partial charge in [-0.1, -0.05) is 6.07 Å². The Morgan fingerprint density at radius 3 is 2.64 bits per heavy atom. The zero-order valence-electron chi connectivity index (χ0n) is 7.64. The fourth-order valence-electron chi connectivity index (χ4n) is 1.56. The summed E-state index contributed by atoms with van der Waals surface area (Å²) in [4.78, 5) is 12.3. The van der Waals surface area contributed by atoms with Gasteiger partial charge in [-0.15, -0.1) is 0 Å². The zero-order valence-corrected chi connectivity index (χ0v) is 7.64. The fourth-order valence-corrected chi connectivity index (χ4v) is 1.56. The standard InChI is InChI=1S/C9H11N3O2/c10-7-3-1-4-8(9(7)12(13)14)11-5-2-6-11/h1,3-4H,2,5-6,10H2. The van der Waals surface area contributed by atoms with Crippen LogP contribution in [0.15, 0.2) is 18.2 Å². The summed E-state index contributed by atoms with van der Waals surface area (Å²) in [6.07, 6.45) is 1.09. The number of nitro groups is 1. The van der Waals surface area contributed by atoms with E-state index < -0.39 is 4.92 Å². The minimum Gasteiger partial charge on any atom is -0.393 e. The van der Waals surface area contributed by atoms with E-state index in [-0.39, 0.29) is 11.4 Å². The molecule has 1 aliphatic heterocycles. The highest BCUT2D eigenvalue weighted by Gasteiger charge is 2.25. The van der Waals surface area contributed by atoms with E-state index in [9.17, 15) is 10.1 Å². The molecule has 0 spiro atoms. The van der Waals surface area contributed by atoms with E-state index in [0.717, 1.165) is 19.5 Å². The lowest BCUT2D eigenvalue weighted by Gasteiger charge is -2.32. The summed E-state index contributed by atoms with van der Waals surface area (Å²) < 4.78 is 0. The minimum absolute atomic E-state index is 0.0344. The van der Waals surface area contributed by atoms with Gasteiger partial charge in [-0.25, -0.2) is 0 Å². The van der Waals surface area contributed by atoms with Crippen LogP contribution in [0.4, 0.5) is 17.1 Å². The van der Waals surface area contributed by atoms with Gasteiger partial charge in [0.2, 0.25) is 0 Å². The van der Waals surface area contributed by atoms with E-state index in [1.165, 1.54) is 0 Å². The summed E-state index contributed by atoms with van der Waals surface area (Å²) in [5.74, 6) is 0. The lowest BCUT2D eigenvalue weighted by molar-refractivity contribution is -0.383. The number of hydrogen-bond donors (Lipinski definition) is 1. The van der Waals surface area contributed by atoms with Crippen LogP contribution in [0.25, 0.3) is 0 Å². The van der Waals surface area contributed by atoms with Gasteiger partial charge in [-0.2, -0.15) is 0 Å². The molecule has 0 amide bonds. The second kappa shape index (κ2) is 3.17. The molecule has 0 aliphatic carbocycles.